The van der Waals surface area contributed by atoms with E-state index >= 15 is 0 Å². The van der Waals surface area contributed by atoms with Crippen molar-refractivity contribution >= 4 is 5.82 Å². The molecule has 0 fully saturated rings. The van der Waals surface area contributed by atoms with Crippen LogP contribution in [0.3, 0.4) is 0 Å². The number of aromatic nitrogens is 2. The predicted octanol–water partition coefficient (Wildman–Crippen LogP) is 1.36. The van der Waals surface area contributed by atoms with E-state index in [4.69, 9.17) is 0 Å². The number of hydrogen-bond acceptors (Lipinski definition) is 4. The number of rotatable bonds is 5. The molecule has 0 aliphatic heterocycles. The standard InChI is InChI=1S/C10H17N3O/c1-3-4-9(14)6-11-10-5-8(2)12-7-13-10/h5,7,9,14H,3-4,6H2,1-2H3,(H,11,12,13). The SMILES string of the molecule is CCCC(O)CNc1cc(C)ncn1. The van der Waals surface area contributed by atoms with Crippen LogP contribution in [0.4, 0.5) is 5.82 Å². The summed E-state index contributed by atoms with van der Waals surface area (Å²) in [5.74, 6) is 0.771. The summed E-state index contributed by atoms with van der Waals surface area (Å²) in [6.45, 7) is 4.51. The van der Waals surface area contributed by atoms with Crippen molar-refractivity contribution in [3.8, 4) is 0 Å². The number of aryl methyl sites for hydroxylation is 1. The Morgan fingerprint density at radius 1 is 1.50 bits per heavy atom. The maximum atomic E-state index is 9.47. The van der Waals surface area contributed by atoms with E-state index in [1.807, 2.05) is 13.0 Å². The molecule has 0 radical (unpaired) electrons. The average molecular weight is 195 g/mol. The summed E-state index contributed by atoms with van der Waals surface area (Å²) in [6, 6.07) is 1.86. The number of aliphatic hydroxyl groups excluding tert-OH is 1. The van der Waals surface area contributed by atoms with Gasteiger partial charge in [-0.25, -0.2) is 9.97 Å². The Labute approximate surface area is 84.4 Å². The van der Waals surface area contributed by atoms with Gasteiger partial charge < -0.3 is 10.4 Å². The Balaban J connectivity index is 2.37. The molecule has 0 saturated heterocycles. The highest BCUT2D eigenvalue weighted by Gasteiger charge is 2.02. The summed E-state index contributed by atoms with van der Waals surface area (Å²) in [4.78, 5) is 8.03. The van der Waals surface area contributed by atoms with E-state index in [1.54, 1.807) is 0 Å². The van der Waals surface area contributed by atoms with Gasteiger partial charge in [-0.3, -0.25) is 0 Å². The van der Waals surface area contributed by atoms with Crippen molar-refractivity contribution in [2.24, 2.45) is 0 Å². The first-order chi connectivity index (χ1) is 6.72. The van der Waals surface area contributed by atoms with Crippen LogP contribution in [0.1, 0.15) is 25.5 Å². The number of aliphatic hydroxyl groups is 1. The van der Waals surface area contributed by atoms with Crippen molar-refractivity contribution in [1.82, 2.24) is 9.97 Å². The topological polar surface area (TPSA) is 58.0 Å². The van der Waals surface area contributed by atoms with Gasteiger partial charge in [0.2, 0.25) is 0 Å². The summed E-state index contributed by atoms with van der Waals surface area (Å²) in [5, 5.41) is 12.5. The van der Waals surface area contributed by atoms with Crippen LogP contribution in [0.15, 0.2) is 12.4 Å². The molecule has 1 unspecified atom stereocenters. The molecule has 0 spiro atoms. The summed E-state index contributed by atoms with van der Waals surface area (Å²) in [5.41, 5.74) is 0.924. The van der Waals surface area contributed by atoms with Crippen LogP contribution in [0.2, 0.25) is 0 Å². The second-order valence-corrected chi connectivity index (χ2v) is 3.37. The van der Waals surface area contributed by atoms with E-state index in [9.17, 15) is 5.11 Å². The molecule has 4 nitrogen and oxygen atoms in total. The first-order valence-electron chi connectivity index (χ1n) is 4.93. The smallest absolute Gasteiger partial charge is 0.129 e. The van der Waals surface area contributed by atoms with Crippen molar-refractivity contribution in [3.63, 3.8) is 0 Å². The zero-order valence-corrected chi connectivity index (χ0v) is 8.70. The number of nitrogens with zero attached hydrogens (tertiary/aromatic N) is 2. The fourth-order valence-corrected chi connectivity index (χ4v) is 1.21. The van der Waals surface area contributed by atoms with Crippen LogP contribution in [0.5, 0.6) is 0 Å². The molecule has 1 aromatic heterocycles. The van der Waals surface area contributed by atoms with Crippen molar-refractivity contribution in [2.45, 2.75) is 32.8 Å². The van der Waals surface area contributed by atoms with Crippen molar-refractivity contribution < 1.29 is 5.11 Å². The van der Waals surface area contributed by atoms with Crippen molar-refractivity contribution in [2.75, 3.05) is 11.9 Å². The quantitative estimate of drug-likeness (QED) is 0.744. The second-order valence-electron chi connectivity index (χ2n) is 3.37. The highest BCUT2D eigenvalue weighted by atomic mass is 16.3. The highest BCUT2D eigenvalue weighted by Crippen LogP contribution is 2.03. The van der Waals surface area contributed by atoms with E-state index in [0.29, 0.717) is 6.54 Å². The largest absolute Gasteiger partial charge is 0.391 e. The van der Waals surface area contributed by atoms with E-state index in [0.717, 1.165) is 24.4 Å². The van der Waals surface area contributed by atoms with Crippen molar-refractivity contribution in [1.29, 1.82) is 0 Å². The first-order valence-corrected chi connectivity index (χ1v) is 4.93. The molecule has 0 aliphatic carbocycles. The average Bonchev–Trinajstić information content (AvgIpc) is 2.15. The molecule has 1 rings (SSSR count). The molecule has 0 aliphatic rings. The van der Waals surface area contributed by atoms with Crippen LogP contribution in [-0.2, 0) is 0 Å². The van der Waals surface area contributed by atoms with Gasteiger partial charge in [-0.15, -0.1) is 0 Å². The van der Waals surface area contributed by atoms with E-state index < -0.39 is 0 Å². The van der Waals surface area contributed by atoms with Gasteiger partial charge >= 0.3 is 0 Å². The molecule has 1 heterocycles. The molecule has 0 bridgehead atoms. The van der Waals surface area contributed by atoms with Gasteiger partial charge in [0.25, 0.3) is 0 Å². The fourth-order valence-electron chi connectivity index (χ4n) is 1.21. The molecule has 0 aromatic carbocycles. The van der Waals surface area contributed by atoms with Gasteiger partial charge in [0, 0.05) is 18.3 Å². The third kappa shape index (κ3) is 3.70. The Morgan fingerprint density at radius 3 is 2.93 bits per heavy atom. The molecule has 78 valence electrons. The summed E-state index contributed by atoms with van der Waals surface area (Å²) in [6.07, 6.45) is 3.03. The molecule has 14 heavy (non-hydrogen) atoms. The molecular weight excluding hydrogens is 178 g/mol. The zero-order valence-electron chi connectivity index (χ0n) is 8.70. The second kappa shape index (κ2) is 5.54. The minimum atomic E-state index is -0.296. The molecule has 0 saturated carbocycles. The monoisotopic (exact) mass is 195 g/mol. The highest BCUT2D eigenvalue weighted by molar-refractivity contribution is 5.34. The minimum absolute atomic E-state index is 0.296. The Hall–Kier alpha value is -1.16. The van der Waals surface area contributed by atoms with Crippen LogP contribution in [0, 0.1) is 6.92 Å². The molecule has 4 heteroatoms. The molecule has 1 aromatic rings. The fraction of sp³-hybridized carbons (Fsp3) is 0.600. The Kier molecular flexibility index (Phi) is 4.32. The van der Waals surface area contributed by atoms with Gasteiger partial charge in [-0.1, -0.05) is 13.3 Å². The van der Waals surface area contributed by atoms with Crippen LogP contribution in [0.25, 0.3) is 0 Å². The van der Waals surface area contributed by atoms with Crippen molar-refractivity contribution in [3.05, 3.63) is 18.1 Å². The summed E-state index contributed by atoms with van der Waals surface area (Å²) < 4.78 is 0. The van der Waals surface area contributed by atoms with Gasteiger partial charge in [-0.2, -0.15) is 0 Å². The maximum absolute atomic E-state index is 9.47. The Bertz CT molecular complexity index is 278. The lowest BCUT2D eigenvalue weighted by Gasteiger charge is -2.10. The summed E-state index contributed by atoms with van der Waals surface area (Å²) in [7, 11) is 0. The number of nitrogens with one attached hydrogen (secondary N) is 1. The third-order valence-electron chi connectivity index (χ3n) is 1.94. The zero-order chi connectivity index (χ0) is 10.4. The maximum Gasteiger partial charge on any atom is 0.129 e. The van der Waals surface area contributed by atoms with Gasteiger partial charge in [0.05, 0.1) is 6.10 Å². The lowest BCUT2D eigenvalue weighted by atomic mass is 10.2. The van der Waals surface area contributed by atoms with E-state index in [-0.39, 0.29) is 6.10 Å². The van der Waals surface area contributed by atoms with Gasteiger partial charge in [-0.05, 0) is 13.3 Å². The molecular formula is C10H17N3O. The number of anilines is 1. The normalized spacial score (nSPS) is 12.5. The predicted molar refractivity (Wildman–Crippen MR) is 56.2 cm³/mol. The van der Waals surface area contributed by atoms with Gasteiger partial charge in [0.1, 0.15) is 12.1 Å². The summed E-state index contributed by atoms with van der Waals surface area (Å²) >= 11 is 0. The van der Waals surface area contributed by atoms with Crippen LogP contribution < -0.4 is 5.32 Å². The molecule has 0 amide bonds. The van der Waals surface area contributed by atoms with Crippen LogP contribution in [-0.4, -0.2) is 27.7 Å². The first kappa shape index (κ1) is 10.9. The number of hydrogen-bond donors (Lipinski definition) is 2. The third-order valence-corrected chi connectivity index (χ3v) is 1.94. The van der Waals surface area contributed by atoms with Gasteiger partial charge in [0.15, 0.2) is 0 Å². The molecule has 2 N–H and O–H groups in total. The van der Waals surface area contributed by atoms with Crippen LogP contribution >= 0.6 is 0 Å². The Morgan fingerprint density at radius 2 is 2.29 bits per heavy atom. The minimum Gasteiger partial charge on any atom is -0.391 e. The van der Waals surface area contributed by atoms with E-state index in [1.165, 1.54) is 6.33 Å². The molecule has 1 atom stereocenters. The van der Waals surface area contributed by atoms with E-state index in [2.05, 4.69) is 22.2 Å². The lowest BCUT2D eigenvalue weighted by Crippen LogP contribution is -2.19. The lowest BCUT2D eigenvalue weighted by molar-refractivity contribution is 0.176.